The van der Waals surface area contributed by atoms with Crippen molar-refractivity contribution in [2.45, 2.75) is 19.9 Å². The van der Waals surface area contributed by atoms with Gasteiger partial charge >= 0.3 is 0 Å². The Morgan fingerprint density at radius 3 is 2.70 bits per heavy atom. The third kappa shape index (κ3) is 1.72. The first-order chi connectivity index (χ1) is 4.68. The molecule has 0 aliphatic heterocycles. The Morgan fingerprint density at radius 1 is 1.60 bits per heavy atom. The van der Waals surface area contributed by atoms with Crippen molar-refractivity contribution in [1.29, 1.82) is 0 Å². The summed E-state index contributed by atoms with van der Waals surface area (Å²) >= 11 is 0. The van der Waals surface area contributed by atoms with Crippen LogP contribution in [0, 0.1) is 0 Å². The first kappa shape index (κ1) is 7.05. The van der Waals surface area contributed by atoms with E-state index in [9.17, 15) is 0 Å². The van der Waals surface area contributed by atoms with E-state index in [0.717, 1.165) is 0 Å². The van der Waals surface area contributed by atoms with Crippen molar-refractivity contribution in [3.05, 3.63) is 6.33 Å². The van der Waals surface area contributed by atoms with Crippen LogP contribution in [0.25, 0.3) is 0 Å². The third-order valence-corrected chi connectivity index (χ3v) is 1.02. The van der Waals surface area contributed by atoms with Crippen molar-refractivity contribution >= 4 is 5.95 Å². The molecule has 0 spiro atoms. The minimum Gasteiger partial charge on any atom is -0.351 e. The first-order valence-corrected chi connectivity index (χ1v) is 3.30. The Hall–Kier alpha value is -1.06. The number of aryl methyl sites for hydroxylation is 1. The highest BCUT2D eigenvalue weighted by molar-refractivity contribution is 5.21. The molecule has 0 unspecified atom stereocenters. The van der Waals surface area contributed by atoms with Crippen LogP contribution >= 0.6 is 0 Å². The van der Waals surface area contributed by atoms with Crippen molar-refractivity contribution in [2.24, 2.45) is 7.05 Å². The molecular formula is C6H12N4. The molecule has 4 heteroatoms. The van der Waals surface area contributed by atoms with E-state index in [1.807, 2.05) is 7.05 Å². The molecule has 10 heavy (non-hydrogen) atoms. The van der Waals surface area contributed by atoms with E-state index < -0.39 is 0 Å². The van der Waals surface area contributed by atoms with Crippen LogP contribution in [0.15, 0.2) is 6.33 Å². The maximum Gasteiger partial charge on any atom is 0.242 e. The van der Waals surface area contributed by atoms with Crippen LogP contribution in [0.5, 0.6) is 0 Å². The Bertz CT molecular complexity index is 203. The summed E-state index contributed by atoms with van der Waals surface area (Å²) in [7, 11) is 1.85. The maximum atomic E-state index is 4.05. The highest BCUT2D eigenvalue weighted by Crippen LogP contribution is 1.96. The molecule has 0 aliphatic rings. The zero-order valence-corrected chi connectivity index (χ0v) is 6.50. The lowest BCUT2D eigenvalue weighted by Crippen LogP contribution is -2.11. The van der Waals surface area contributed by atoms with E-state index in [-0.39, 0.29) is 0 Å². The van der Waals surface area contributed by atoms with E-state index in [2.05, 4.69) is 29.2 Å². The lowest BCUT2D eigenvalue weighted by molar-refractivity contribution is 0.760. The summed E-state index contributed by atoms with van der Waals surface area (Å²) in [5.41, 5.74) is 0. The highest BCUT2D eigenvalue weighted by atomic mass is 15.4. The Labute approximate surface area is 60.3 Å². The van der Waals surface area contributed by atoms with Gasteiger partial charge in [-0.3, -0.25) is 4.68 Å². The maximum absolute atomic E-state index is 4.05. The highest BCUT2D eigenvalue weighted by Gasteiger charge is 1.97. The van der Waals surface area contributed by atoms with Crippen LogP contribution < -0.4 is 5.32 Å². The fourth-order valence-electron chi connectivity index (χ4n) is 0.664. The van der Waals surface area contributed by atoms with Crippen LogP contribution in [0.2, 0.25) is 0 Å². The Kier molecular flexibility index (Phi) is 1.89. The minimum absolute atomic E-state index is 0.391. The first-order valence-electron chi connectivity index (χ1n) is 3.30. The number of anilines is 1. The minimum atomic E-state index is 0.391. The second-order valence-electron chi connectivity index (χ2n) is 2.54. The Balaban J connectivity index is 2.58. The molecule has 0 saturated heterocycles. The second kappa shape index (κ2) is 2.68. The van der Waals surface area contributed by atoms with Gasteiger partial charge in [0.1, 0.15) is 6.33 Å². The fourth-order valence-corrected chi connectivity index (χ4v) is 0.664. The molecule has 1 N–H and O–H groups in total. The topological polar surface area (TPSA) is 42.7 Å². The number of nitrogens with one attached hydrogen (secondary N) is 1. The molecule has 0 aliphatic carbocycles. The molecule has 1 aromatic heterocycles. The number of aromatic nitrogens is 3. The Morgan fingerprint density at radius 2 is 2.30 bits per heavy atom. The van der Waals surface area contributed by atoms with Gasteiger partial charge in [0.25, 0.3) is 0 Å². The van der Waals surface area contributed by atoms with Crippen LogP contribution in [0.4, 0.5) is 5.95 Å². The fraction of sp³-hybridized carbons (Fsp3) is 0.667. The average molecular weight is 140 g/mol. The SMILES string of the molecule is CC(C)Nc1ncn(C)n1. The predicted molar refractivity (Wildman–Crippen MR) is 39.8 cm³/mol. The summed E-state index contributed by atoms with van der Waals surface area (Å²) in [6.45, 7) is 4.10. The van der Waals surface area contributed by atoms with Gasteiger partial charge in [-0.1, -0.05) is 0 Å². The van der Waals surface area contributed by atoms with Crippen molar-refractivity contribution < 1.29 is 0 Å². The lowest BCUT2D eigenvalue weighted by atomic mass is 10.4. The molecule has 56 valence electrons. The van der Waals surface area contributed by atoms with Crippen LogP contribution in [0.1, 0.15) is 13.8 Å². The summed E-state index contributed by atoms with van der Waals surface area (Å²) in [5, 5.41) is 7.13. The largest absolute Gasteiger partial charge is 0.351 e. The van der Waals surface area contributed by atoms with Crippen molar-refractivity contribution in [3.63, 3.8) is 0 Å². The second-order valence-corrected chi connectivity index (χ2v) is 2.54. The molecule has 0 saturated carbocycles. The van der Waals surface area contributed by atoms with Gasteiger partial charge in [-0.2, -0.15) is 0 Å². The van der Waals surface area contributed by atoms with E-state index in [0.29, 0.717) is 12.0 Å². The van der Waals surface area contributed by atoms with Crippen LogP contribution in [-0.2, 0) is 7.05 Å². The molecule has 0 atom stereocenters. The molecule has 1 heterocycles. The molecule has 0 fully saturated rings. The summed E-state index contributed by atoms with van der Waals surface area (Å²) in [5.74, 6) is 0.692. The summed E-state index contributed by atoms with van der Waals surface area (Å²) in [6, 6.07) is 0.391. The van der Waals surface area contributed by atoms with Gasteiger partial charge in [-0.05, 0) is 13.8 Å². The van der Waals surface area contributed by atoms with E-state index in [1.165, 1.54) is 0 Å². The number of hydrogen-bond donors (Lipinski definition) is 1. The molecule has 0 bridgehead atoms. The lowest BCUT2D eigenvalue weighted by Gasteiger charge is -2.02. The van der Waals surface area contributed by atoms with Crippen molar-refractivity contribution in [3.8, 4) is 0 Å². The van der Waals surface area contributed by atoms with Crippen molar-refractivity contribution in [1.82, 2.24) is 14.8 Å². The van der Waals surface area contributed by atoms with Crippen LogP contribution in [-0.4, -0.2) is 20.8 Å². The monoisotopic (exact) mass is 140 g/mol. The molecule has 0 amide bonds. The van der Waals surface area contributed by atoms with Gasteiger partial charge in [0.15, 0.2) is 0 Å². The molecule has 1 rings (SSSR count). The smallest absolute Gasteiger partial charge is 0.242 e. The third-order valence-electron chi connectivity index (χ3n) is 1.02. The molecule has 4 nitrogen and oxygen atoms in total. The van der Waals surface area contributed by atoms with Gasteiger partial charge in [0.2, 0.25) is 5.95 Å². The van der Waals surface area contributed by atoms with Crippen LogP contribution in [0.3, 0.4) is 0 Å². The van der Waals surface area contributed by atoms with Gasteiger partial charge in [-0.25, -0.2) is 4.98 Å². The van der Waals surface area contributed by atoms with Gasteiger partial charge in [-0.15, -0.1) is 5.10 Å². The zero-order valence-electron chi connectivity index (χ0n) is 6.50. The van der Waals surface area contributed by atoms with Crippen molar-refractivity contribution in [2.75, 3.05) is 5.32 Å². The van der Waals surface area contributed by atoms with E-state index in [1.54, 1.807) is 11.0 Å². The normalized spacial score (nSPS) is 10.4. The number of nitrogens with zero attached hydrogens (tertiary/aromatic N) is 3. The average Bonchev–Trinajstić information content (AvgIpc) is 2.13. The molecule has 0 radical (unpaired) electrons. The van der Waals surface area contributed by atoms with E-state index >= 15 is 0 Å². The number of rotatable bonds is 2. The number of hydrogen-bond acceptors (Lipinski definition) is 3. The van der Waals surface area contributed by atoms with Gasteiger partial charge in [0.05, 0.1) is 0 Å². The summed E-state index contributed by atoms with van der Waals surface area (Å²) in [4.78, 5) is 4.00. The molecule has 1 aromatic rings. The standard InChI is InChI=1S/C6H12N4/c1-5(2)8-6-7-4-10(3)9-6/h4-5H,1-3H3,(H,8,9). The van der Waals surface area contributed by atoms with E-state index in [4.69, 9.17) is 0 Å². The van der Waals surface area contributed by atoms with Gasteiger partial charge < -0.3 is 5.32 Å². The summed E-state index contributed by atoms with van der Waals surface area (Å²) in [6.07, 6.45) is 1.67. The van der Waals surface area contributed by atoms with Gasteiger partial charge in [0, 0.05) is 13.1 Å². The molecule has 0 aromatic carbocycles. The molecular weight excluding hydrogens is 128 g/mol. The zero-order chi connectivity index (χ0) is 7.56. The quantitative estimate of drug-likeness (QED) is 0.655. The predicted octanol–water partition coefficient (Wildman–Crippen LogP) is 0.635. The summed E-state index contributed by atoms with van der Waals surface area (Å²) < 4.78 is 1.67.